The number of anilines is 1. The first kappa shape index (κ1) is 34.6. The summed E-state index contributed by atoms with van der Waals surface area (Å²) in [7, 11) is -4.33. The molecule has 1 N–H and O–H groups in total. The molecule has 0 unspecified atom stereocenters. The van der Waals surface area contributed by atoms with Gasteiger partial charge in [0.05, 0.1) is 15.6 Å². The van der Waals surface area contributed by atoms with E-state index in [4.69, 9.17) is 46.4 Å². The number of hydrogen-bond acceptors (Lipinski definition) is 4. The molecule has 0 radical (unpaired) electrons. The molecule has 1 atom stereocenters. The minimum Gasteiger partial charge on any atom is -0.354 e. The van der Waals surface area contributed by atoms with Crippen LogP contribution in [0.5, 0.6) is 0 Å². The molecule has 4 aromatic carbocycles. The van der Waals surface area contributed by atoms with E-state index < -0.39 is 34.4 Å². The monoisotopic (exact) mass is 705 g/mol. The van der Waals surface area contributed by atoms with Crippen LogP contribution in [-0.2, 0) is 32.6 Å². The fourth-order valence-electron chi connectivity index (χ4n) is 4.66. The number of rotatable bonds is 13. The lowest BCUT2D eigenvalue weighted by Crippen LogP contribution is -2.53. The van der Waals surface area contributed by atoms with E-state index in [0.29, 0.717) is 28.6 Å². The SMILES string of the molecule is CCCNC(=O)[C@@H](Cc1ccccc1)N(Cc1ccc(Cl)cc1Cl)C(=O)CN(c1cc(Cl)ccc1Cl)S(=O)(=O)c1ccccc1. The normalized spacial score (nSPS) is 11.9. The van der Waals surface area contributed by atoms with E-state index in [0.717, 1.165) is 9.87 Å². The van der Waals surface area contributed by atoms with Crippen molar-refractivity contribution in [2.24, 2.45) is 0 Å². The van der Waals surface area contributed by atoms with Crippen LogP contribution in [0.2, 0.25) is 20.1 Å². The summed E-state index contributed by atoms with van der Waals surface area (Å²) in [5.41, 5.74) is 1.34. The Balaban J connectivity index is 1.84. The van der Waals surface area contributed by atoms with Crippen molar-refractivity contribution in [1.82, 2.24) is 10.2 Å². The van der Waals surface area contributed by atoms with Crippen LogP contribution < -0.4 is 9.62 Å². The summed E-state index contributed by atoms with van der Waals surface area (Å²) in [6, 6.07) is 25.1. The van der Waals surface area contributed by atoms with E-state index in [9.17, 15) is 18.0 Å². The molecule has 0 saturated heterocycles. The zero-order chi connectivity index (χ0) is 32.6. The lowest BCUT2D eigenvalue weighted by molar-refractivity contribution is -0.140. The number of sulfonamides is 1. The van der Waals surface area contributed by atoms with Gasteiger partial charge in [-0.15, -0.1) is 0 Å². The van der Waals surface area contributed by atoms with Gasteiger partial charge in [0.25, 0.3) is 10.0 Å². The van der Waals surface area contributed by atoms with Crippen molar-refractivity contribution in [3.05, 3.63) is 128 Å². The fourth-order valence-corrected chi connectivity index (χ4v) is 7.01. The van der Waals surface area contributed by atoms with Gasteiger partial charge >= 0.3 is 0 Å². The predicted molar refractivity (Wildman–Crippen MR) is 182 cm³/mol. The number of amides is 2. The van der Waals surface area contributed by atoms with Gasteiger partial charge in [-0.25, -0.2) is 8.42 Å². The van der Waals surface area contributed by atoms with Gasteiger partial charge < -0.3 is 10.2 Å². The molecule has 12 heteroatoms. The van der Waals surface area contributed by atoms with E-state index in [2.05, 4.69) is 5.32 Å². The second-order valence-corrected chi connectivity index (χ2v) is 13.7. The summed E-state index contributed by atoms with van der Waals surface area (Å²) in [6.45, 7) is 1.52. The first-order valence-corrected chi connectivity index (χ1v) is 17.0. The van der Waals surface area contributed by atoms with Crippen LogP contribution in [0, 0.1) is 0 Å². The molecular formula is C33H31Cl4N3O4S. The summed E-state index contributed by atoms with van der Waals surface area (Å²) >= 11 is 25.5. The van der Waals surface area contributed by atoms with Crippen LogP contribution >= 0.6 is 46.4 Å². The topological polar surface area (TPSA) is 86.8 Å². The largest absolute Gasteiger partial charge is 0.354 e. The van der Waals surface area contributed by atoms with Gasteiger partial charge in [-0.05, 0) is 60.0 Å². The molecule has 7 nitrogen and oxygen atoms in total. The van der Waals surface area contributed by atoms with E-state index in [1.54, 1.807) is 36.4 Å². The third-order valence-electron chi connectivity index (χ3n) is 6.96. The van der Waals surface area contributed by atoms with Gasteiger partial charge in [-0.2, -0.15) is 0 Å². The highest BCUT2D eigenvalue weighted by Crippen LogP contribution is 2.33. The Morgan fingerprint density at radius 3 is 2.07 bits per heavy atom. The second-order valence-electron chi connectivity index (χ2n) is 10.2. The molecule has 0 aromatic heterocycles. The summed E-state index contributed by atoms with van der Waals surface area (Å²) in [5, 5.41) is 3.88. The van der Waals surface area contributed by atoms with Crippen LogP contribution in [0.1, 0.15) is 24.5 Å². The molecule has 0 fully saturated rings. The molecule has 0 aliphatic carbocycles. The number of benzene rings is 4. The Kier molecular flexibility index (Phi) is 12.2. The summed E-state index contributed by atoms with van der Waals surface area (Å²) in [6.07, 6.45) is 0.841. The van der Waals surface area contributed by atoms with E-state index in [1.165, 1.54) is 35.2 Å². The van der Waals surface area contributed by atoms with E-state index in [-0.39, 0.29) is 33.6 Å². The van der Waals surface area contributed by atoms with Crippen molar-refractivity contribution in [2.75, 3.05) is 17.4 Å². The van der Waals surface area contributed by atoms with Gasteiger partial charge in [-0.3, -0.25) is 13.9 Å². The molecule has 0 spiro atoms. The molecule has 236 valence electrons. The van der Waals surface area contributed by atoms with Crippen molar-refractivity contribution < 1.29 is 18.0 Å². The Hall–Kier alpha value is -3.27. The maximum Gasteiger partial charge on any atom is 0.264 e. The minimum absolute atomic E-state index is 0.0147. The number of carbonyl (C=O) groups is 2. The van der Waals surface area contributed by atoms with Crippen molar-refractivity contribution in [2.45, 2.75) is 37.2 Å². The zero-order valence-electron chi connectivity index (χ0n) is 24.3. The molecular weight excluding hydrogens is 676 g/mol. The lowest BCUT2D eigenvalue weighted by Gasteiger charge is -2.34. The summed E-state index contributed by atoms with van der Waals surface area (Å²) < 4.78 is 29.1. The van der Waals surface area contributed by atoms with Crippen molar-refractivity contribution in [1.29, 1.82) is 0 Å². The highest BCUT2D eigenvalue weighted by molar-refractivity contribution is 7.92. The number of carbonyl (C=O) groups excluding carboxylic acids is 2. The van der Waals surface area contributed by atoms with Crippen LogP contribution in [0.25, 0.3) is 0 Å². The molecule has 4 rings (SSSR count). The molecule has 0 saturated carbocycles. The molecule has 2 amide bonds. The van der Waals surface area contributed by atoms with E-state index in [1.807, 2.05) is 37.3 Å². The van der Waals surface area contributed by atoms with Crippen molar-refractivity contribution in [3.8, 4) is 0 Å². The summed E-state index contributed by atoms with van der Waals surface area (Å²) in [5.74, 6) is -1.05. The Labute approximate surface area is 283 Å². The van der Waals surface area contributed by atoms with E-state index >= 15 is 0 Å². The zero-order valence-corrected chi connectivity index (χ0v) is 28.1. The van der Waals surface area contributed by atoms with Crippen LogP contribution in [0.3, 0.4) is 0 Å². The third kappa shape index (κ3) is 8.93. The van der Waals surface area contributed by atoms with Crippen LogP contribution in [0.4, 0.5) is 5.69 Å². The second kappa shape index (κ2) is 15.8. The van der Waals surface area contributed by atoms with Gasteiger partial charge in [0.2, 0.25) is 11.8 Å². The number of nitrogens with one attached hydrogen (secondary N) is 1. The van der Waals surface area contributed by atoms with Crippen LogP contribution in [0.15, 0.2) is 102 Å². The number of halogens is 4. The number of hydrogen-bond donors (Lipinski definition) is 1. The average Bonchev–Trinajstić information content (AvgIpc) is 3.03. The lowest BCUT2D eigenvalue weighted by atomic mass is 10.0. The Bertz CT molecular complexity index is 1740. The molecule has 4 aromatic rings. The predicted octanol–water partition coefficient (Wildman–Crippen LogP) is 7.66. The summed E-state index contributed by atoms with van der Waals surface area (Å²) in [4.78, 5) is 29.5. The first-order chi connectivity index (χ1) is 21.5. The Morgan fingerprint density at radius 1 is 0.800 bits per heavy atom. The van der Waals surface area contributed by atoms with Gasteiger partial charge in [-0.1, -0.05) is 108 Å². The molecule has 0 aliphatic rings. The van der Waals surface area contributed by atoms with Crippen molar-refractivity contribution in [3.63, 3.8) is 0 Å². The highest BCUT2D eigenvalue weighted by Gasteiger charge is 2.35. The maximum absolute atomic E-state index is 14.5. The maximum atomic E-state index is 14.5. The molecule has 0 aliphatic heterocycles. The van der Waals surface area contributed by atoms with Crippen LogP contribution in [-0.4, -0.2) is 44.3 Å². The number of nitrogens with zero attached hydrogens (tertiary/aromatic N) is 2. The highest BCUT2D eigenvalue weighted by atomic mass is 35.5. The standard InChI is InChI=1S/C33H31Cl4N3O4S/c1-2-17-38-33(42)31(18-23-9-5-3-6-10-23)39(21-24-13-14-25(34)19-29(24)37)32(41)22-40(30-20-26(35)15-16-28(30)36)45(43,44)27-11-7-4-8-12-27/h3-16,19-20,31H,2,17-18,21-22H2,1H3,(H,38,42)/t31-/m1/s1. The Morgan fingerprint density at radius 2 is 1.42 bits per heavy atom. The molecule has 45 heavy (non-hydrogen) atoms. The van der Waals surface area contributed by atoms with Gasteiger partial charge in [0.1, 0.15) is 12.6 Å². The van der Waals surface area contributed by atoms with Gasteiger partial charge in [0.15, 0.2) is 0 Å². The van der Waals surface area contributed by atoms with Gasteiger partial charge in [0, 0.05) is 34.6 Å². The first-order valence-electron chi connectivity index (χ1n) is 14.1. The smallest absolute Gasteiger partial charge is 0.264 e. The fraction of sp³-hybridized carbons (Fsp3) is 0.212. The molecule has 0 bridgehead atoms. The minimum atomic E-state index is -4.33. The molecule has 0 heterocycles. The average molecular weight is 708 g/mol. The third-order valence-corrected chi connectivity index (χ3v) is 9.88. The quantitative estimate of drug-likeness (QED) is 0.155. The van der Waals surface area contributed by atoms with Crippen molar-refractivity contribution >= 4 is 73.9 Å².